The van der Waals surface area contributed by atoms with E-state index in [-0.39, 0.29) is 11.3 Å². The molecule has 2 rings (SSSR count). The molecule has 0 aromatic heterocycles. The van der Waals surface area contributed by atoms with Crippen molar-refractivity contribution in [2.45, 2.75) is 12.4 Å². The summed E-state index contributed by atoms with van der Waals surface area (Å²) in [6, 6.07) is 9.80. The highest BCUT2D eigenvalue weighted by Gasteiger charge is 2.30. The quantitative estimate of drug-likeness (QED) is 0.694. The molecule has 0 saturated heterocycles. The molecule has 0 amide bonds. The fraction of sp³-hybridized carbons (Fsp3) is 0.143. The average molecular weight is 347 g/mol. The van der Waals surface area contributed by atoms with Gasteiger partial charge >= 0.3 is 14.2 Å². The number of hydrogen-bond donors (Lipinski definition) is 3. The third kappa shape index (κ3) is 4.99. The predicted molar refractivity (Wildman–Crippen MR) is 77.9 cm³/mol. The zero-order chi connectivity index (χ0) is 17.0. The van der Waals surface area contributed by atoms with Crippen LogP contribution >= 0.6 is 7.60 Å². The maximum Gasteiger partial charge on any atom is 0.387 e. The first-order valence-electron chi connectivity index (χ1n) is 6.38. The van der Waals surface area contributed by atoms with Gasteiger partial charge in [-0.1, -0.05) is 12.1 Å². The molecular weight excluding hydrogens is 334 g/mol. The Morgan fingerprint density at radius 2 is 1.57 bits per heavy atom. The van der Waals surface area contributed by atoms with Crippen molar-refractivity contribution in [1.29, 1.82) is 0 Å². The molecule has 5 nitrogen and oxygen atoms in total. The fourth-order valence-corrected chi connectivity index (χ4v) is 2.77. The highest BCUT2D eigenvalue weighted by molar-refractivity contribution is 7.52. The Hall–Kier alpha value is -2.02. The lowest BCUT2D eigenvalue weighted by Gasteiger charge is -2.21. The van der Waals surface area contributed by atoms with Crippen molar-refractivity contribution in [3.63, 3.8) is 0 Å². The zero-order valence-electron chi connectivity index (χ0n) is 11.6. The lowest BCUT2D eigenvalue weighted by Crippen LogP contribution is -2.11. The van der Waals surface area contributed by atoms with E-state index >= 15 is 0 Å². The molecule has 0 aliphatic carbocycles. The molecule has 23 heavy (non-hydrogen) atoms. The summed E-state index contributed by atoms with van der Waals surface area (Å²) < 4.78 is 52.9. The van der Waals surface area contributed by atoms with Gasteiger partial charge < -0.3 is 19.8 Å². The molecule has 0 fully saturated rings. The zero-order valence-corrected chi connectivity index (χ0v) is 12.5. The number of anilines is 1. The topological polar surface area (TPSA) is 78.8 Å². The van der Waals surface area contributed by atoms with Gasteiger partial charge in [-0.15, -0.1) is 0 Å². The Labute approximate surface area is 129 Å². The Bertz CT molecular complexity index is 688. The summed E-state index contributed by atoms with van der Waals surface area (Å²) >= 11 is 0. The van der Waals surface area contributed by atoms with Crippen LogP contribution in [0.2, 0.25) is 0 Å². The van der Waals surface area contributed by atoms with Crippen molar-refractivity contribution in [3.8, 4) is 5.75 Å². The summed E-state index contributed by atoms with van der Waals surface area (Å²) in [6.45, 7) is -2.99. The minimum atomic E-state index is -4.61. The first kappa shape index (κ1) is 17.3. The number of ether oxygens (including phenoxy) is 1. The molecule has 0 saturated carbocycles. The number of nitrogens with one attached hydrogen (secondary N) is 1. The van der Waals surface area contributed by atoms with Crippen LogP contribution in [0.5, 0.6) is 5.75 Å². The minimum absolute atomic E-state index is 0.130. The van der Waals surface area contributed by atoms with E-state index in [1.165, 1.54) is 36.4 Å². The minimum Gasteiger partial charge on any atom is -0.435 e. The van der Waals surface area contributed by atoms with E-state index in [1.54, 1.807) is 0 Å². The van der Waals surface area contributed by atoms with Gasteiger partial charge in [0.1, 0.15) is 11.6 Å². The van der Waals surface area contributed by atoms with E-state index in [0.717, 1.165) is 12.1 Å². The highest BCUT2D eigenvalue weighted by atomic mass is 31.2. The monoisotopic (exact) mass is 347 g/mol. The van der Waals surface area contributed by atoms with Gasteiger partial charge in [0.2, 0.25) is 0 Å². The van der Waals surface area contributed by atoms with Crippen LogP contribution in [0.3, 0.4) is 0 Å². The van der Waals surface area contributed by atoms with Crippen LogP contribution in [-0.2, 0) is 4.57 Å². The normalized spacial score (nSPS) is 13.0. The Balaban J connectivity index is 2.25. The van der Waals surface area contributed by atoms with Crippen LogP contribution in [0.15, 0.2) is 48.5 Å². The van der Waals surface area contributed by atoms with Crippen LogP contribution in [0.25, 0.3) is 0 Å². The van der Waals surface area contributed by atoms with Crippen molar-refractivity contribution in [2.24, 2.45) is 0 Å². The van der Waals surface area contributed by atoms with Gasteiger partial charge in [-0.3, -0.25) is 4.57 Å². The molecule has 1 atom stereocenters. The molecule has 0 aliphatic heterocycles. The van der Waals surface area contributed by atoms with Gasteiger partial charge in [0.15, 0.2) is 5.78 Å². The van der Waals surface area contributed by atoms with Gasteiger partial charge in [-0.2, -0.15) is 8.78 Å². The van der Waals surface area contributed by atoms with Crippen LogP contribution in [-0.4, -0.2) is 16.4 Å². The van der Waals surface area contributed by atoms with Gasteiger partial charge in [0.05, 0.1) is 0 Å². The first-order chi connectivity index (χ1) is 10.8. The average Bonchev–Trinajstić information content (AvgIpc) is 2.46. The van der Waals surface area contributed by atoms with E-state index in [9.17, 15) is 27.5 Å². The lowest BCUT2D eigenvalue weighted by molar-refractivity contribution is -0.0498. The Morgan fingerprint density at radius 1 is 1.00 bits per heavy atom. The Morgan fingerprint density at radius 3 is 2.04 bits per heavy atom. The highest BCUT2D eigenvalue weighted by Crippen LogP contribution is 2.51. The summed E-state index contributed by atoms with van der Waals surface area (Å²) in [7, 11) is -4.61. The summed E-state index contributed by atoms with van der Waals surface area (Å²) in [5.74, 6) is -2.03. The molecule has 0 heterocycles. The molecule has 9 heteroatoms. The van der Waals surface area contributed by atoms with Crippen LogP contribution in [0.1, 0.15) is 11.3 Å². The number of benzene rings is 2. The molecule has 0 radical (unpaired) electrons. The van der Waals surface area contributed by atoms with E-state index in [4.69, 9.17) is 0 Å². The second kappa shape index (κ2) is 7.04. The number of rotatable bonds is 6. The van der Waals surface area contributed by atoms with Gasteiger partial charge in [0.25, 0.3) is 0 Å². The molecule has 0 aliphatic rings. The predicted octanol–water partition coefficient (Wildman–Crippen LogP) is 3.72. The molecule has 1 unspecified atom stereocenters. The van der Waals surface area contributed by atoms with Gasteiger partial charge in [-0.05, 0) is 42.0 Å². The van der Waals surface area contributed by atoms with Crippen molar-refractivity contribution in [2.75, 3.05) is 5.32 Å². The summed E-state index contributed by atoms with van der Waals surface area (Å²) in [5, 5.41) is 2.60. The lowest BCUT2D eigenvalue weighted by atomic mass is 10.2. The Kier molecular flexibility index (Phi) is 5.30. The maximum absolute atomic E-state index is 12.9. The smallest absolute Gasteiger partial charge is 0.387 e. The molecule has 2 aromatic carbocycles. The van der Waals surface area contributed by atoms with Crippen molar-refractivity contribution < 1.29 is 32.3 Å². The molecule has 3 N–H and O–H groups in total. The second-order valence-corrected chi connectivity index (χ2v) is 6.28. The molecule has 0 bridgehead atoms. The third-order valence-corrected chi connectivity index (χ3v) is 4.00. The van der Waals surface area contributed by atoms with Crippen LogP contribution in [0.4, 0.5) is 18.9 Å². The fourth-order valence-electron chi connectivity index (χ4n) is 1.90. The van der Waals surface area contributed by atoms with Crippen LogP contribution in [0, 0.1) is 5.82 Å². The van der Waals surface area contributed by atoms with Gasteiger partial charge in [0, 0.05) is 5.69 Å². The molecule has 0 spiro atoms. The summed E-state index contributed by atoms with van der Waals surface area (Å²) in [4.78, 5) is 19.0. The maximum atomic E-state index is 12.9. The first-order valence-corrected chi connectivity index (χ1v) is 8.06. The van der Waals surface area contributed by atoms with Crippen molar-refractivity contribution in [3.05, 3.63) is 59.9 Å². The molecule has 2 aromatic rings. The number of alkyl halides is 2. The molecule has 124 valence electrons. The largest absolute Gasteiger partial charge is 0.435 e. The molecular formula is C14H13F3NO4P. The van der Waals surface area contributed by atoms with E-state index in [0.29, 0.717) is 5.69 Å². The summed E-state index contributed by atoms with van der Waals surface area (Å²) in [6.07, 6.45) is 0. The standard InChI is InChI=1S/C14H13F3NO4P/c15-10-3-5-11(6-4-10)18-13(23(19,20)21)9-1-7-12(8-2-9)22-14(16)17/h1-8,13-14,18H,(H2,19,20,21). The van der Waals surface area contributed by atoms with E-state index in [1.807, 2.05) is 0 Å². The summed E-state index contributed by atoms with van der Waals surface area (Å²) in [5.41, 5.74) is 0.469. The van der Waals surface area contributed by atoms with Crippen LogP contribution < -0.4 is 10.1 Å². The van der Waals surface area contributed by atoms with Crippen molar-refractivity contribution >= 4 is 13.3 Å². The van der Waals surface area contributed by atoms with Crippen molar-refractivity contribution in [1.82, 2.24) is 0 Å². The van der Waals surface area contributed by atoms with E-state index in [2.05, 4.69) is 10.1 Å². The van der Waals surface area contributed by atoms with E-state index < -0.39 is 25.8 Å². The number of hydrogen-bond acceptors (Lipinski definition) is 3. The third-order valence-electron chi connectivity index (χ3n) is 2.90. The SMILES string of the molecule is O=P(O)(O)C(Nc1ccc(F)cc1)c1ccc(OC(F)F)cc1. The number of halogens is 3. The second-order valence-electron chi connectivity index (χ2n) is 4.59. The van der Waals surface area contributed by atoms with Gasteiger partial charge in [-0.25, -0.2) is 4.39 Å².